The minimum Gasteiger partial charge on any atom is -0.460 e. The standard InChI is InChI=1S/C24H21N3O5/c1-3-19(32-14(2)28)21(27-23(30)16-10-4-5-11-17(16)24(27)31)22(29)26-18-12-6-8-15-9-7-13-25-20(15)18/h4-13,19,21H,3H2,1-2H3,(H,26,29)/t19-,21+/m1/s1. The highest BCUT2D eigenvalue weighted by Crippen LogP contribution is 2.29. The lowest BCUT2D eigenvalue weighted by Crippen LogP contribution is -2.54. The number of anilines is 1. The fourth-order valence-electron chi connectivity index (χ4n) is 3.91. The predicted octanol–water partition coefficient (Wildman–Crippen LogP) is 3.18. The summed E-state index contributed by atoms with van der Waals surface area (Å²) in [7, 11) is 0. The molecule has 8 nitrogen and oxygen atoms in total. The second kappa shape index (κ2) is 8.58. The quantitative estimate of drug-likeness (QED) is 0.475. The molecule has 2 heterocycles. The molecule has 1 aromatic heterocycles. The van der Waals surface area contributed by atoms with Crippen LogP contribution in [0.1, 0.15) is 41.0 Å². The van der Waals surface area contributed by atoms with Crippen molar-refractivity contribution >= 4 is 40.3 Å². The molecule has 1 aliphatic rings. The molecular formula is C24H21N3O5. The highest BCUT2D eigenvalue weighted by molar-refractivity contribution is 6.23. The van der Waals surface area contributed by atoms with E-state index in [2.05, 4.69) is 10.3 Å². The molecule has 8 heteroatoms. The van der Waals surface area contributed by atoms with Crippen molar-refractivity contribution in [1.29, 1.82) is 0 Å². The zero-order valence-electron chi connectivity index (χ0n) is 17.6. The van der Waals surface area contributed by atoms with Crippen molar-refractivity contribution < 1.29 is 23.9 Å². The van der Waals surface area contributed by atoms with Crippen LogP contribution in [0.2, 0.25) is 0 Å². The van der Waals surface area contributed by atoms with Crippen molar-refractivity contribution in [2.75, 3.05) is 5.32 Å². The molecule has 2 atom stereocenters. The van der Waals surface area contributed by atoms with Crippen molar-refractivity contribution in [1.82, 2.24) is 9.88 Å². The van der Waals surface area contributed by atoms with Gasteiger partial charge in [-0.1, -0.05) is 37.3 Å². The Labute approximate surface area is 184 Å². The maximum Gasteiger partial charge on any atom is 0.302 e. The van der Waals surface area contributed by atoms with Crippen LogP contribution in [0.5, 0.6) is 0 Å². The van der Waals surface area contributed by atoms with Crippen LogP contribution in [0, 0.1) is 0 Å². The summed E-state index contributed by atoms with van der Waals surface area (Å²) >= 11 is 0. The summed E-state index contributed by atoms with van der Waals surface area (Å²) in [6.07, 6.45) is 0.810. The summed E-state index contributed by atoms with van der Waals surface area (Å²) in [4.78, 5) is 56.6. The van der Waals surface area contributed by atoms with Gasteiger partial charge in [-0.25, -0.2) is 0 Å². The van der Waals surface area contributed by atoms with E-state index in [0.29, 0.717) is 11.2 Å². The first-order valence-corrected chi connectivity index (χ1v) is 10.2. The van der Waals surface area contributed by atoms with Crippen LogP contribution >= 0.6 is 0 Å². The topological polar surface area (TPSA) is 106 Å². The summed E-state index contributed by atoms with van der Waals surface area (Å²) in [6, 6.07) is 13.9. The Balaban J connectivity index is 1.74. The highest BCUT2D eigenvalue weighted by atomic mass is 16.5. The average molecular weight is 431 g/mol. The van der Waals surface area contributed by atoms with Crippen molar-refractivity contribution in [3.05, 3.63) is 71.9 Å². The molecule has 3 amide bonds. The molecule has 0 unspecified atom stereocenters. The number of aromatic nitrogens is 1. The van der Waals surface area contributed by atoms with Crippen LogP contribution in [0.15, 0.2) is 60.8 Å². The zero-order chi connectivity index (χ0) is 22.8. The van der Waals surface area contributed by atoms with Gasteiger partial charge in [-0.2, -0.15) is 0 Å². The van der Waals surface area contributed by atoms with Gasteiger partial charge in [0.15, 0.2) is 6.04 Å². The van der Waals surface area contributed by atoms with Gasteiger partial charge in [0.05, 0.1) is 22.3 Å². The van der Waals surface area contributed by atoms with Crippen molar-refractivity contribution in [2.24, 2.45) is 0 Å². The number of para-hydroxylation sites is 1. The third-order valence-corrected chi connectivity index (χ3v) is 5.33. The normalized spacial score (nSPS) is 14.8. The lowest BCUT2D eigenvalue weighted by atomic mass is 10.0. The Morgan fingerprint density at radius 2 is 1.66 bits per heavy atom. The summed E-state index contributed by atoms with van der Waals surface area (Å²) in [5, 5.41) is 3.59. The van der Waals surface area contributed by atoms with Gasteiger partial charge in [-0.3, -0.25) is 29.1 Å². The molecule has 0 spiro atoms. The average Bonchev–Trinajstić information content (AvgIpc) is 3.04. The number of imide groups is 1. The Kier molecular flexibility index (Phi) is 5.68. The Hall–Kier alpha value is -4.07. The lowest BCUT2D eigenvalue weighted by molar-refractivity contribution is -0.150. The van der Waals surface area contributed by atoms with Gasteiger partial charge in [0, 0.05) is 18.5 Å². The molecule has 1 N–H and O–H groups in total. The number of ether oxygens (including phenoxy) is 1. The maximum absolute atomic E-state index is 13.5. The van der Waals surface area contributed by atoms with Gasteiger partial charge < -0.3 is 10.1 Å². The summed E-state index contributed by atoms with van der Waals surface area (Å²) in [5.74, 6) is -2.47. The number of fused-ring (bicyclic) bond motifs is 2. The molecule has 0 saturated carbocycles. The zero-order valence-corrected chi connectivity index (χ0v) is 17.6. The number of nitrogens with one attached hydrogen (secondary N) is 1. The van der Waals surface area contributed by atoms with E-state index in [4.69, 9.17) is 4.74 Å². The number of rotatable bonds is 6. The van der Waals surface area contributed by atoms with Gasteiger partial charge in [-0.05, 0) is 30.7 Å². The molecule has 4 rings (SSSR count). The molecule has 0 radical (unpaired) electrons. The van der Waals surface area contributed by atoms with E-state index in [1.54, 1.807) is 43.5 Å². The Morgan fingerprint density at radius 3 is 2.28 bits per heavy atom. The molecule has 1 aliphatic heterocycles. The van der Waals surface area contributed by atoms with E-state index in [0.717, 1.165) is 10.3 Å². The van der Waals surface area contributed by atoms with Gasteiger partial charge in [0.25, 0.3) is 17.7 Å². The first-order valence-electron chi connectivity index (χ1n) is 10.2. The number of carbonyl (C=O) groups is 4. The SMILES string of the molecule is CC[C@@H](OC(C)=O)[C@@H](C(=O)Nc1cccc2cccnc12)N1C(=O)c2ccccc2C1=O. The van der Waals surface area contributed by atoms with E-state index in [1.807, 2.05) is 12.1 Å². The maximum atomic E-state index is 13.5. The van der Waals surface area contributed by atoms with Crippen molar-refractivity contribution in [3.63, 3.8) is 0 Å². The summed E-state index contributed by atoms with van der Waals surface area (Å²) in [6.45, 7) is 2.93. The van der Waals surface area contributed by atoms with Crippen molar-refractivity contribution in [2.45, 2.75) is 32.4 Å². The number of carbonyl (C=O) groups excluding carboxylic acids is 4. The number of benzene rings is 2. The second-order valence-electron chi connectivity index (χ2n) is 7.40. The number of hydrogen-bond donors (Lipinski definition) is 1. The minimum atomic E-state index is -1.35. The van der Waals surface area contributed by atoms with Crippen LogP contribution in [-0.2, 0) is 14.3 Å². The summed E-state index contributed by atoms with van der Waals surface area (Å²) < 4.78 is 5.35. The Morgan fingerprint density at radius 1 is 1.00 bits per heavy atom. The molecule has 0 bridgehead atoms. The van der Waals surface area contributed by atoms with Crippen LogP contribution < -0.4 is 5.32 Å². The van der Waals surface area contributed by atoms with E-state index in [1.165, 1.54) is 19.1 Å². The number of nitrogens with zero attached hydrogens (tertiary/aromatic N) is 2. The third kappa shape index (κ3) is 3.71. The van der Waals surface area contributed by atoms with Crippen LogP contribution in [-0.4, -0.2) is 45.7 Å². The fraction of sp³-hybridized carbons (Fsp3) is 0.208. The predicted molar refractivity (Wildman–Crippen MR) is 117 cm³/mol. The first kappa shape index (κ1) is 21.2. The first-order chi connectivity index (χ1) is 15.4. The van der Waals surface area contributed by atoms with Crippen LogP contribution in [0.3, 0.4) is 0 Å². The lowest BCUT2D eigenvalue weighted by Gasteiger charge is -2.31. The van der Waals surface area contributed by atoms with Gasteiger partial charge >= 0.3 is 5.97 Å². The third-order valence-electron chi connectivity index (χ3n) is 5.33. The van der Waals surface area contributed by atoms with Crippen molar-refractivity contribution in [3.8, 4) is 0 Å². The molecule has 0 saturated heterocycles. The van der Waals surface area contributed by atoms with Gasteiger partial charge in [0.2, 0.25) is 0 Å². The van der Waals surface area contributed by atoms with E-state index in [9.17, 15) is 19.2 Å². The Bertz CT molecular complexity index is 1200. The van der Waals surface area contributed by atoms with E-state index < -0.39 is 35.8 Å². The molecule has 32 heavy (non-hydrogen) atoms. The molecule has 162 valence electrons. The monoisotopic (exact) mass is 431 g/mol. The number of amides is 3. The molecule has 0 aliphatic carbocycles. The smallest absolute Gasteiger partial charge is 0.302 e. The number of pyridine rings is 1. The number of hydrogen-bond acceptors (Lipinski definition) is 6. The highest BCUT2D eigenvalue weighted by Gasteiger charge is 2.46. The van der Waals surface area contributed by atoms with E-state index in [-0.39, 0.29) is 17.5 Å². The molecular weight excluding hydrogens is 410 g/mol. The molecule has 0 fully saturated rings. The second-order valence-corrected chi connectivity index (χ2v) is 7.40. The molecule has 3 aromatic rings. The van der Waals surface area contributed by atoms with Crippen LogP contribution in [0.4, 0.5) is 5.69 Å². The minimum absolute atomic E-state index is 0.208. The fourth-order valence-corrected chi connectivity index (χ4v) is 3.91. The summed E-state index contributed by atoms with van der Waals surface area (Å²) in [5.41, 5.74) is 1.40. The molecule has 2 aromatic carbocycles. The largest absolute Gasteiger partial charge is 0.460 e. The van der Waals surface area contributed by atoms with Crippen LogP contribution in [0.25, 0.3) is 10.9 Å². The number of esters is 1. The van der Waals surface area contributed by atoms with E-state index >= 15 is 0 Å². The van der Waals surface area contributed by atoms with Gasteiger partial charge in [0.1, 0.15) is 6.10 Å². The van der Waals surface area contributed by atoms with Gasteiger partial charge in [-0.15, -0.1) is 0 Å².